The van der Waals surface area contributed by atoms with Crippen molar-refractivity contribution in [3.05, 3.63) is 36.0 Å². The monoisotopic (exact) mass is 353 g/mol. The molecule has 4 heteroatoms. The quantitative estimate of drug-likeness (QED) is 0.793. The summed E-state index contributed by atoms with van der Waals surface area (Å²) in [4.78, 5) is 20.0. The first-order valence-electron chi connectivity index (χ1n) is 10.4. The summed E-state index contributed by atoms with van der Waals surface area (Å²) in [5.74, 6) is 1.06. The normalized spacial score (nSPS) is 20.2. The second-order valence-electron chi connectivity index (χ2n) is 7.95. The number of unbranched alkanes of at least 4 members (excludes halogenated alkanes) is 1. The molecule has 0 bridgehead atoms. The highest BCUT2D eigenvalue weighted by molar-refractivity contribution is 5.83. The van der Waals surface area contributed by atoms with Crippen LogP contribution >= 0.6 is 0 Å². The van der Waals surface area contributed by atoms with E-state index >= 15 is 0 Å². The number of carbonyl (C=O) groups excluding carboxylic acids is 1. The minimum atomic E-state index is 0.371. The topological polar surface area (TPSA) is 39.3 Å². The predicted octanol–water partition coefficient (Wildman–Crippen LogP) is 4.14. The first-order chi connectivity index (χ1) is 12.8. The van der Waals surface area contributed by atoms with Crippen LogP contribution in [0.15, 0.2) is 30.5 Å². The number of aromatic nitrogens is 1. The van der Waals surface area contributed by atoms with Crippen LogP contribution in [-0.4, -0.2) is 53.4 Å². The van der Waals surface area contributed by atoms with Crippen molar-refractivity contribution >= 4 is 16.8 Å². The van der Waals surface area contributed by atoms with Gasteiger partial charge in [-0.05, 0) is 75.7 Å². The summed E-state index contributed by atoms with van der Waals surface area (Å²) in [5, 5.41) is 1.40. The van der Waals surface area contributed by atoms with Gasteiger partial charge < -0.3 is 14.8 Å². The summed E-state index contributed by atoms with van der Waals surface area (Å²) in [6.45, 7) is 5.53. The van der Waals surface area contributed by atoms with Crippen LogP contribution in [0.5, 0.6) is 0 Å². The Bertz CT molecular complexity index is 730. The van der Waals surface area contributed by atoms with Crippen LogP contribution in [0.25, 0.3) is 10.9 Å². The number of hydrogen-bond acceptors (Lipinski definition) is 2. The molecule has 1 amide bonds. The van der Waals surface area contributed by atoms with Crippen molar-refractivity contribution in [2.75, 3.05) is 32.7 Å². The predicted molar refractivity (Wildman–Crippen MR) is 106 cm³/mol. The van der Waals surface area contributed by atoms with Gasteiger partial charge in [0.25, 0.3) is 0 Å². The molecule has 0 spiro atoms. The van der Waals surface area contributed by atoms with E-state index in [0.29, 0.717) is 11.8 Å². The Morgan fingerprint density at radius 1 is 1.00 bits per heavy atom. The number of piperidine rings is 2. The second kappa shape index (κ2) is 8.26. The lowest BCUT2D eigenvalue weighted by Crippen LogP contribution is -2.37. The Hall–Kier alpha value is -1.81. The summed E-state index contributed by atoms with van der Waals surface area (Å²) in [7, 11) is 0. The number of carbonyl (C=O) groups is 1. The first-order valence-corrected chi connectivity index (χ1v) is 10.4. The number of likely N-dealkylation sites (tertiary alicyclic amines) is 2. The highest BCUT2D eigenvalue weighted by Crippen LogP contribution is 2.33. The third-order valence-electron chi connectivity index (χ3n) is 6.22. The highest BCUT2D eigenvalue weighted by Gasteiger charge is 2.22. The summed E-state index contributed by atoms with van der Waals surface area (Å²) in [6, 6.07) is 8.65. The van der Waals surface area contributed by atoms with E-state index in [1.165, 1.54) is 61.8 Å². The fourth-order valence-corrected chi connectivity index (χ4v) is 4.64. The molecule has 0 unspecified atom stereocenters. The molecule has 0 aliphatic carbocycles. The zero-order valence-electron chi connectivity index (χ0n) is 15.8. The van der Waals surface area contributed by atoms with Crippen LogP contribution in [-0.2, 0) is 4.79 Å². The maximum atomic E-state index is 11.8. The van der Waals surface area contributed by atoms with Gasteiger partial charge in [0, 0.05) is 36.6 Å². The number of para-hydroxylation sites is 1. The van der Waals surface area contributed by atoms with Crippen LogP contribution in [0.3, 0.4) is 0 Å². The molecule has 1 aromatic heterocycles. The molecule has 4 nitrogen and oxygen atoms in total. The van der Waals surface area contributed by atoms with E-state index in [0.717, 1.165) is 32.4 Å². The van der Waals surface area contributed by atoms with Gasteiger partial charge in [-0.25, -0.2) is 0 Å². The average Bonchev–Trinajstić information content (AvgIpc) is 3.11. The number of H-pyrrole nitrogens is 1. The van der Waals surface area contributed by atoms with Gasteiger partial charge in [-0.1, -0.05) is 18.2 Å². The maximum Gasteiger partial charge on any atom is 0.222 e. The van der Waals surface area contributed by atoms with Gasteiger partial charge in [0.05, 0.1) is 0 Å². The number of aromatic amines is 1. The van der Waals surface area contributed by atoms with E-state index in [-0.39, 0.29) is 0 Å². The smallest absolute Gasteiger partial charge is 0.222 e. The standard InChI is InChI=1S/C22H31N3O/c26-22-9-3-4-13-25(22)14-6-5-12-24-15-10-18(11-16-24)20-17-23-21-8-2-1-7-19(20)21/h1-2,7-8,17-18,23H,3-6,9-16H2. The lowest BCUT2D eigenvalue weighted by Gasteiger charge is -2.32. The molecule has 1 N–H and O–H groups in total. The van der Waals surface area contributed by atoms with Crippen LogP contribution in [0.4, 0.5) is 0 Å². The molecule has 2 aromatic rings. The molecule has 2 fully saturated rings. The van der Waals surface area contributed by atoms with Crippen molar-refractivity contribution in [1.82, 2.24) is 14.8 Å². The maximum absolute atomic E-state index is 11.8. The lowest BCUT2D eigenvalue weighted by atomic mass is 9.89. The van der Waals surface area contributed by atoms with Crippen LogP contribution in [0, 0.1) is 0 Å². The number of nitrogens with one attached hydrogen (secondary N) is 1. The molecule has 2 aliphatic rings. The second-order valence-corrected chi connectivity index (χ2v) is 7.95. The molecular formula is C22H31N3O. The number of amides is 1. The van der Waals surface area contributed by atoms with Crippen molar-refractivity contribution < 1.29 is 4.79 Å². The first kappa shape index (κ1) is 17.6. The van der Waals surface area contributed by atoms with Crippen molar-refractivity contribution in [1.29, 1.82) is 0 Å². The van der Waals surface area contributed by atoms with E-state index in [1.54, 1.807) is 0 Å². The zero-order valence-corrected chi connectivity index (χ0v) is 15.8. The van der Waals surface area contributed by atoms with Crippen LogP contribution < -0.4 is 0 Å². The Morgan fingerprint density at radius 3 is 2.65 bits per heavy atom. The average molecular weight is 354 g/mol. The van der Waals surface area contributed by atoms with Gasteiger partial charge in [-0.15, -0.1) is 0 Å². The van der Waals surface area contributed by atoms with Gasteiger partial charge in [0.2, 0.25) is 5.91 Å². The summed E-state index contributed by atoms with van der Waals surface area (Å²) < 4.78 is 0. The number of fused-ring (bicyclic) bond motifs is 1. The number of rotatable bonds is 6. The largest absolute Gasteiger partial charge is 0.361 e. The minimum absolute atomic E-state index is 0.371. The molecule has 140 valence electrons. The molecule has 2 saturated heterocycles. The van der Waals surface area contributed by atoms with E-state index in [9.17, 15) is 4.79 Å². The fraction of sp³-hybridized carbons (Fsp3) is 0.591. The summed E-state index contributed by atoms with van der Waals surface area (Å²) in [5.41, 5.74) is 2.76. The van der Waals surface area contributed by atoms with E-state index in [4.69, 9.17) is 0 Å². The molecule has 3 heterocycles. The number of nitrogens with zero attached hydrogens (tertiary/aromatic N) is 2. The third-order valence-corrected chi connectivity index (χ3v) is 6.22. The van der Waals surface area contributed by atoms with E-state index in [2.05, 4.69) is 45.2 Å². The minimum Gasteiger partial charge on any atom is -0.361 e. The molecule has 0 radical (unpaired) electrons. The van der Waals surface area contributed by atoms with Crippen LogP contribution in [0.2, 0.25) is 0 Å². The Balaban J connectivity index is 1.20. The Labute approximate surface area is 156 Å². The molecule has 0 saturated carbocycles. The van der Waals surface area contributed by atoms with E-state index < -0.39 is 0 Å². The molecular weight excluding hydrogens is 322 g/mol. The fourth-order valence-electron chi connectivity index (χ4n) is 4.64. The van der Waals surface area contributed by atoms with Crippen molar-refractivity contribution in [3.63, 3.8) is 0 Å². The van der Waals surface area contributed by atoms with Crippen LogP contribution in [0.1, 0.15) is 56.4 Å². The van der Waals surface area contributed by atoms with Crippen molar-refractivity contribution in [2.24, 2.45) is 0 Å². The van der Waals surface area contributed by atoms with Crippen molar-refractivity contribution in [2.45, 2.75) is 50.9 Å². The van der Waals surface area contributed by atoms with Gasteiger partial charge in [-0.3, -0.25) is 4.79 Å². The SMILES string of the molecule is O=C1CCCCN1CCCCN1CCC(c2c[nH]c3ccccc23)CC1. The van der Waals surface area contributed by atoms with Gasteiger partial charge in [0.1, 0.15) is 0 Å². The Morgan fingerprint density at radius 2 is 1.81 bits per heavy atom. The molecule has 4 rings (SSSR count). The number of benzene rings is 1. The molecule has 1 aromatic carbocycles. The zero-order chi connectivity index (χ0) is 17.8. The summed E-state index contributed by atoms with van der Waals surface area (Å²) >= 11 is 0. The molecule has 0 atom stereocenters. The number of hydrogen-bond donors (Lipinski definition) is 1. The molecule has 2 aliphatic heterocycles. The van der Waals surface area contributed by atoms with E-state index in [1.807, 2.05) is 0 Å². The lowest BCUT2D eigenvalue weighted by molar-refractivity contribution is -0.133. The third kappa shape index (κ3) is 3.96. The highest BCUT2D eigenvalue weighted by atomic mass is 16.2. The van der Waals surface area contributed by atoms with Gasteiger partial charge in [-0.2, -0.15) is 0 Å². The van der Waals surface area contributed by atoms with Crippen molar-refractivity contribution in [3.8, 4) is 0 Å². The molecule has 26 heavy (non-hydrogen) atoms. The summed E-state index contributed by atoms with van der Waals surface area (Å²) in [6.07, 6.45) is 10.1. The van der Waals surface area contributed by atoms with Gasteiger partial charge >= 0.3 is 0 Å². The van der Waals surface area contributed by atoms with Gasteiger partial charge in [0.15, 0.2) is 0 Å². The Kier molecular flexibility index (Phi) is 5.59.